The number of aliphatic hydroxyl groups is 3. The molecule has 5 N–H and O–H groups in total. The van der Waals surface area contributed by atoms with Gasteiger partial charge in [0.25, 0.3) is 5.79 Å². The highest BCUT2D eigenvalue weighted by Crippen LogP contribution is 2.29. The first kappa shape index (κ1) is 13.3. The number of hydrogen-bond donors (Lipinski definition) is 5. The third kappa shape index (κ3) is 2.50. The van der Waals surface area contributed by atoms with Gasteiger partial charge in [-0.1, -0.05) is 6.92 Å². The lowest BCUT2D eigenvalue weighted by Crippen LogP contribution is -2.62. The Hall–Kier alpha value is -0.730. The van der Waals surface area contributed by atoms with Crippen molar-refractivity contribution in [2.45, 2.75) is 43.8 Å². The maximum Gasteiger partial charge on any atom is 0.364 e. The SMILES string of the molecule is CCC1OC(O)(C(=O)O)CC(O)C1NCO. The van der Waals surface area contributed by atoms with Gasteiger partial charge >= 0.3 is 5.97 Å². The fraction of sp³-hybridized carbons (Fsp3) is 0.889. The minimum Gasteiger partial charge on any atom is -0.477 e. The van der Waals surface area contributed by atoms with Crippen LogP contribution in [0.15, 0.2) is 0 Å². The fourth-order valence-corrected chi connectivity index (χ4v) is 1.88. The van der Waals surface area contributed by atoms with E-state index in [-0.39, 0.29) is 6.73 Å². The van der Waals surface area contributed by atoms with E-state index < -0.39 is 36.4 Å². The predicted octanol–water partition coefficient (Wildman–Crippen LogP) is -1.77. The lowest BCUT2D eigenvalue weighted by atomic mass is 9.92. The van der Waals surface area contributed by atoms with E-state index >= 15 is 0 Å². The van der Waals surface area contributed by atoms with Crippen molar-refractivity contribution in [3.05, 3.63) is 0 Å². The molecule has 1 heterocycles. The number of ether oxygens (including phenoxy) is 1. The zero-order chi connectivity index (χ0) is 12.3. The summed E-state index contributed by atoms with van der Waals surface area (Å²) in [6.45, 7) is 1.38. The molecule has 0 aromatic carbocycles. The highest BCUT2D eigenvalue weighted by Gasteiger charge is 2.49. The van der Waals surface area contributed by atoms with Gasteiger partial charge in [-0.25, -0.2) is 4.79 Å². The van der Waals surface area contributed by atoms with Gasteiger partial charge in [-0.05, 0) is 6.42 Å². The van der Waals surface area contributed by atoms with E-state index in [1.54, 1.807) is 6.92 Å². The van der Waals surface area contributed by atoms with Crippen molar-refractivity contribution < 1.29 is 30.0 Å². The van der Waals surface area contributed by atoms with Crippen LogP contribution in [0.3, 0.4) is 0 Å². The minimum absolute atomic E-state index is 0.354. The Morgan fingerprint density at radius 1 is 1.62 bits per heavy atom. The Balaban J connectivity index is 2.81. The lowest BCUT2D eigenvalue weighted by Gasteiger charge is -2.42. The standard InChI is InChI=1S/C9H17NO6/c1-2-6-7(10-4-11)5(12)3-9(15,16-6)8(13)14/h5-7,10-12,15H,2-4H2,1H3,(H,13,14). The molecular weight excluding hydrogens is 218 g/mol. The summed E-state index contributed by atoms with van der Waals surface area (Å²) in [5.74, 6) is -3.87. The normalized spacial score (nSPS) is 39.6. The molecule has 94 valence electrons. The predicted molar refractivity (Wildman–Crippen MR) is 52.4 cm³/mol. The molecule has 0 spiro atoms. The van der Waals surface area contributed by atoms with Gasteiger partial charge in [-0.2, -0.15) is 0 Å². The lowest BCUT2D eigenvalue weighted by molar-refractivity contribution is -0.277. The molecule has 4 atom stereocenters. The molecular formula is C9H17NO6. The highest BCUT2D eigenvalue weighted by atomic mass is 16.7. The smallest absolute Gasteiger partial charge is 0.364 e. The van der Waals surface area contributed by atoms with Crippen LogP contribution in [-0.2, 0) is 9.53 Å². The summed E-state index contributed by atoms with van der Waals surface area (Å²) in [6, 6.07) is -0.588. The maximum absolute atomic E-state index is 10.8. The summed E-state index contributed by atoms with van der Waals surface area (Å²) in [4.78, 5) is 10.8. The number of carboxylic acids is 1. The number of carboxylic acid groups (broad SMARTS) is 1. The molecule has 1 aliphatic rings. The molecule has 0 aliphatic carbocycles. The minimum atomic E-state index is -2.35. The van der Waals surface area contributed by atoms with Gasteiger partial charge in [0.05, 0.1) is 25.0 Å². The number of aliphatic carboxylic acids is 1. The van der Waals surface area contributed by atoms with E-state index in [1.807, 2.05) is 0 Å². The van der Waals surface area contributed by atoms with Crippen LogP contribution in [0.1, 0.15) is 19.8 Å². The monoisotopic (exact) mass is 235 g/mol. The van der Waals surface area contributed by atoms with Gasteiger partial charge in [-0.3, -0.25) is 5.32 Å². The van der Waals surface area contributed by atoms with Crippen LogP contribution >= 0.6 is 0 Å². The number of rotatable bonds is 4. The Morgan fingerprint density at radius 3 is 2.69 bits per heavy atom. The average molecular weight is 235 g/mol. The highest BCUT2D eigenvalue weighted by molar-refractivity contribution is 5.75. The Labute approximate surface area is 92.7 Å². The molecule has 0 aromatic rings. The zero-order valence-electron chi connectivity index (χ0n) is 8.96. The van der Waals surface area contributed by atoms with Gasteiger partial charge < -0.3 is 25.2 Å². The van der Waals surface area contributed by atoms with E-state index in [2.05, 4.69) is 5.32 Å². The van der Waals surface area contributed by atoms with Crippen LogP contribution in [0.5, 0.6) is 0 Å². The second-order valence-corrected chi connectivity index (χ2v) is 3.81. The molecule has 1 rings (SSSR count). The molecule has 0 amide bonds. The number of aliphatic hydroxyl groups excluding tert-OH is 2. The van der Waals surface area contributed by atoms with Gasteiger partial charge in [0, 0.05) is 6.42 Å². The third-order valence-corrected chi connectivity index (χ3v) is 2.71. The topological polar surface area (TPSA) is 119 Å². The first-order valence-electron chi connectivity index (χ1n) is 5.10. The molecule has 1 aliphatic heterocycles. The molecule has 0 saturated carbocycles. The van der Waals surface area contributed by atoms with Crippen molar-refractivity contribution in [2.24, 2.45) is 0 Å². The van der Waals surface area contributed by atoms with Crippen LogP contribution in [-0.4, -0.2) is 57.2 Å². The Bertz CT molecular complexity index is 260. The van der Waals surface area contributed by atoms with E-state index in [0.29, 0.717) is 6.42 Å². The second kappa shape index (κ2) is 5.07. The summed E-state index contributed by atoms with van der Waals surface area (Å²) < 4.78 is 5.04. The van der Waals surface area contributed by atoms with E-state index in [9.17, 15) is 15.0 Å². The van der Waals surface area contributed by atoms with Crippen LogP contribution in [0.25, 0.3) is 0 Å². The Morgan fingerprint density at radius 2 is 2.25 bits per heavy atom. The molecule has 1 saturated heterocycles. The summed E-state index contributed by atoms with van der Waals surface area (Å²) >= 11 is 0. The van der Waals surface area contributed by atoms with Crippen LogP contribution in [0.2, 0.25) is 0 Å². The first-order valence-corrected chi connectivity index (χ1v) is 5.10. The van der Waals surface area contributed by atoms with Crippen LogP contribution < -0.4 is 5.32 Å². The molecule has 0 radical (unpaired) electrons. The van der Waals surface area contributed by atoms with E-state index in [1.165, 1.54) is 0 Å². The number of carbonyl (C=O) groups is 1. The summed E-state index contributed by atoms with van der Waals surface area (Å²) in [5, 5.41) is 39.5. The molecule has 16 heavy (non-hydrogen) atoms. The van der Waals surface area contributed by atoms with Crippen LogP contribution in [0.4, 0.5) is 0 Å². The zero-order valence-corrected chi connectivity index (χ0v) is 8.96. The number of nitrogens with one attached hydrogen (secondary N) is 1. The molecule has 7 nitrogen and oxygen atoms in total. The molecule has 0 bridgehead atoms. The van der Waals surface area contributed by atoms with Crippen LogP contribution in [0, 0.1) is 0 Å². The Kier molecular flexibility index (Phi) is 4.22. The third-order valence-electron chi connectivity index (χ3n) is 2.71. The van der Waals surface area contributed by atoms with Crippen molar-refractivity contribution in [1.29, 1.82) is 0 Å². The molecule has 4 unspecified atom stereocenters. The van der Waals surface area contributed by atoms with E-state index in [4.69, 9.17) is 14.9 Å². The average Bonchev–Trinajstić information content (AvgIpc) is 2.21. The van der Waals surface area contributed by atoms with Crippen molar-refractivity contribution in [3.8, 4) is 0 Å². The summed E-state index contributed by atoms with van der Waals surface area (Å²) in [6.07, 6.45) is -1.79. The van der Waals surface area contributed by atoms with Gasteiger partial charge in [0.1, 0.15) is 0 Å². The van der Waals surface area contributed by atoms with Gasteiger partial charge in [0.2, 0.25) is 0 Å². The van der Waals surface area contributed by atoms with Crippen molar-refractivity contribution in [3.63, 3.8) is 0 Å². The molecule has 0 aromatic heterocycles. The first-order chi connectivity index (χ1) is 7.44. The summed E-state index contributed by atoms with van der Waals surface area (Å²) in [5.41, 5.74) is 0. The molecule has 1 fully saturated rings. The second-order valence-electron chi connectivity index (χ2n) is 3.81. The quantitative estimate of drug-likeness (QED) is 0.366. The van der Waals surface area contributed by atoms with Crippen molar-refractivity contribution in [2.75, 3.05) is 6.73 Å². The largest absolute Gasteiger partial charge is 0.477 e. The molecule has 7 heteroatoms. The van der Waals surface area contributed by atoms with E-state index in [0.717, 1.165) is 0 Å². The van der Waals surface area contributed by atoms with Crippen molar-refractivity contribution >= 4 is 5.97 Å². The van der Waals surface area contributed by atoms with Gasteiger partial charge in [0.15, 0.2) is 0 Å². The van der Waals surface area contributed by atoms with Gasteiger partial charge in [-0.15, -0.1) is 0 Å². The summed E-state index contributed by atoms with van der Waals surface area (Å²) in [7, 11) is 0. The number of hydrogen-bond acceptors (Lipinski definition) is 6. The van der Waals surface area contributed by atoms with Crippen molar-refractivity contribution in [1.82, 2.24) is 5.32 Å². The maximum atomic E-state index is 10.8. The fourth-order valence-electron chi connectivity index (χ4n) is 1.88.